The summed E-state index contributed by atoms with van der Waals surface area (Å²) in [6.45, 7) is 1.52. The van der Waals surface area contributed by atoms with Gasteiger partial charge in [-0.25, -0.2) is 18.7 Å². The number of aromatic nitrogens is 4. The lowest BCUT2D eigenvalue weighted by atomic mass is 10.5. The van der Waals surface area contributed by atoms with Crippen molar-refractivity contribution in [2.24, 2.45) is 0 Å². The highest BCUT2D eigenvalue weighted by Crippen LogP contribution is 2.10. The number of rotatable bonds is 2. The van der Waals surface area contributed by atoms with E-state index in [4.69, 9.17) is 0 Å². The van der Waals surface area contributed by atoms with Gasteiger partial charge < -0.3 is 0 Å². The summed E-state index contributed by atoms with van der Waals surface area (Å²) in [6.07, 6.45) is 0. The number of fused-ring (bicyclic) bond motifs is 1. The van der Waals surface area contributed by atoms with Crippen molar-refractivity contribution in [1.29, 1.82) is 0 Å². The SMILES string of the molecule is CCn1c(=O)c2[nH]c(=O)[nH]c2n(P(=O)=O)c1=O. The number of hydrogen-bond acceptors (Lipinski definition) is 5. The number of aromatic amines is 2. The molecular formula is C7H7N4O5P. The zero-order valence-corrected chi connectivity index (χ0v) is 9.48. The van der Waals surface area contributed by atoms with Crippen LogP contribution in [0.4, 0.5) is 0 Å². The normalized spacial score (nSPS) is 10.9. The Morgan fingerprint density at radius 3 is 2.35 bits per heavy atom. The van der Waals surface area contributed by atoms with E-state index in [2.05, 4.69) is 9.97 Å². The van der Waals surface area contributed by atoms with Crippen LogP contribution < -0.4 is 16.9 Å². The summed E-state index contributed by atoms with van der Waals surface area (Å²) in [5.74, 6) is 0. The summed E-state index contributed by atoms with van der Waals surface area (Å²) >= 11 is 0. The van der Waals surface area contributed by atoms with Gasteiger partial charge in [-0.2, -0.15) is 4.34 Å². The van der Waals surface area contributed by atoms with E-state index in [1.807, 2.05) is 0 Å². The monoisotopic (exact) mass is 258 g/mol. The Balaban J connectivity index is 3.23. The maximum Gasteiger partial charge on any atom is 0.436 e. The summed E-state index contributed by atoms with van der Waals surface area (Å²) in [4.78, 5) is 38.7. The molecule has 0 atom stereocenters. The Morgan fingerprint density at radius 2 is 1.82 bits per heavy atom. The Bertz CT molecular complexity index is 825. The van der Waals surface area contributed by atoms with Crippen molar-refractivity contribution in [2.45, 2.75) is 13.5 Å². The second-order valence-electron chi connectivity index (χ2n) is 3.18. The fraction of sp³-hybridized carbons (Fsp3) is 0.286. The van der Waals surface area contributed by atoms with Crippen LogP contribution in [-0.4, -0.2) is 18.9 Å². The molecule has 90 valence electrons. The first-order valence-corrected chi connectivity index (χ1v) is 5.73. The van der Waals surface area contributed by atoms with E-state index in [9.17, 15) is 23.5 Å². The van der Waals surface area contributed by atoms with E-state index in [0.29, 0.717) is 4.34 Å². The van der Waals surface area contributed by atoms with Crippen LogP contribution >= 0.6 is 7.83 Å². The molecule has 2 heterocycles. The Labute approximate surface area is 92.6 Å². The van der Waals surface area contributed by atoms with Gasteiger partial charge in [-0.05, 0) is 6.92 Å². The van der Waals surface area contributed by atoms with Gasteiger partial charge in [-0.1, -0.05) is 0 Å². The Hall–Kier alpha value is -2.15. The summed E-state index contributed by atoms with van der Waals surface area (Å²) in [7, 11) is -3.28. The zero-order valence-electron chi connectivity index (χ0n) is 8.59. The van der Waals surface area contributed by atoms with Gasteiger partial charge in [0.2, 0.25) is 0 Å². The van der Waals surface area contributed by atoms with Gasteiger partial charge in [0.1, 0.15) is 0 Å². The average molecular weight is 258 g/mol. The van der Waals surface area contributed by atoms with Crippen LogP contribution in [0.25, 0.3) is 11.2 Å². The first-order valence-electron chi connectivity index (χ1n) is 4.60. The third-order valence-electron chi connectivity index (χ3n) is 2.27. The van der Waals surface area contributed by atoms with Gasteiger partial charge in [0.05, 0.1) is 0 Å². The zero-order chi connectivity index (χ0) is 12.7. The van der Waals surface area contributed by atoms with Crippen LogP contribution in [0.5, 0.6) is 0 Å². The van der Waals surface area contributed by atoms with Crippen molar-refractivity contribution in [3.63, 3.8) is 0 Å². The lowest BCUT2D eigenvalue weighted by molar-refractivity contribution is 0.504. The van der Waals surface area contributed by atoms with Crippen molar-refractivity contribution >= 4 is 19.0 Å². The number of hydrogen-bond donors (Lipinski definition) is 2. The first kappa shape index (κ1) is 11.3. The van der Waals surface area contributed by atoms with Crippen molar-refractivity contribution in [3.05, 3.63) is 31.3 Å². The van der Waals surface area contributed by atoms with E-state index in [1.54, 1.807) is 0 Å². The largest absolute Gasteiger partial charge is 0.436 e. The molecular weight excluding hydrogens is 251 g/mol. The van der Waals surface area contributed by atoms with E-state index >= 15 is 0 Å². The lowest BCUT2D eigenvalue weighted by Crippen LogP contribution is -2.37. The number of imidazole rings is 1. The van der Waals surface area contributed by atoms with Crippen LogP contribution in [0.2, 0.25) is 0 Å². The Kier molecular flexibility index (Phi) is 2.47. The highest BCUT2D eigenvalue weighted by molar-refractivity contribution is 7.29. The van der Waals surface area contributed by atoms with Gasteiger partial charge in [-0.3, -0.25) is 19.3 Å². The Morgan fingerprint density at radius 1 is 1.18 bits per heavy atom. The molecule has 0 amide bonds. The average Bonchev–Trinajstić information content (AvgIpc) is 2.60. The minimum absolute atomic E-state index is 0.00396. The summed E-state index contributed by atoms with van der Waals surface area (Å²) < 4.78 is 23.0. The van der Waals surface area contributed by atoms with Crippen LogP contribution in [0.1, 0.15) is 6.92 Å². The molecule has 0 saturated heterocycles. The summed E-state index contributed by atoms with van der Waals surface area (Å²) in [5, 5.41) is 0. The molecule has 2 aromatic heterocycles. The van der Waals surface area contributed by atoms with E-state index < -0.39 is 24.8 Å². The molecule has 0 unspecified atom stereocenters. The fourth-order valence-electron chi connectivity index (χ4n) is 1.55. The maximum atomic E-state index is 11.7. The number of nitrogens with one attached hydrogen (secondary N) is 2. The highest BCUT2D eigenvalue weighted by atomic mass is 31.1. The third kappa shape index (κ3) is 1.51. The molecule has 0 aliphatic carbocycles. The summed E-state index contributed by atoms with van der Waals surface area (Å²) in [6, 6.07) is 0. The minimum Gasteiger partial charge on any atom is -0.300 e. The van der Waals surface area contributed by atoms with Gasteiger partial charge in [0.15, 0.2) is 11.2 Å². The van der Waals surface area contributed by atoms with Crippen molar-refractivity contribution in [2.75, 3.05) is 0 Å². The lowest BCUT2D eigenvalue weighted by Gasteiger charge is -2.02. The van der Waals surface area contributed by atoms with Crippen molar-refractivity contribution < 1.29 is 9.13 Å². The summed E-state index contributed by atoms with van der Waals surface area (Å²) in [5.41, 5.74) is -3.08. The van der Waals surface area contributed by atoms with Gasteiger partial charge in [0, 0.05) is 6.54 Å². The number of nitrogens with zero attached hydrogens (tertiary/aromatic N) is 2. The molecule has 0 bridgehead atoms. The van der Waals surface area contributed by atoms with Crippen LogP contribution in [0, 0.1) is 0 Å². The molecule has 0 aromatic carbocycles. The second kappa shape index (κ2) is 3.70. The molecule has 10 heteroatoms. The molecule has 0 spiro atoms. The molecule has 0 aliphatic heterocycles. The predicted octanol–water partition coefficient (Wildman–Crippen LogP) is -0.865. The molecule has 2 N–H and O–H groups in total. The first-order chi connectivity index (χ1) is 7.97. The standard InChI is InChI=1S/C7H7N4O5P/c1-2-10-5(12)3-4(9-6(13)8-3)11(7(10)14)17(15)16/h2H2,1H3,(H2,8,9,13). The van der Waals surface area contributed by atoms with Crippen LogP contribution in [0.3, 0.4) is 0 Å². The van der Waals surface area contributed by atoms with E-state index in [1.165, 1.54) is 6.92 Å². The topological polar surface area (TPSA) is 127 Å². The molecule has 2 rings (SSSR count). The predicted molar refractivity (Wildman–Crippen MR) is 56.8 cm³/mol. The molecule has 0 fully saturated rings. The third-order valence-corrected chi connectivity index (χ3v) is 2.97. The smallest absolute Gasteiger partial charge is 0.300 e. The van der Waals surface area contributed by atoms with Crippen molar-refractivity contribution in [1.82, 2.24) is 18.9 Å². The fourth-order valence-corrected chi connectivity index (χ4v) is 2.11. The molecule has 17 heavy (non-hydrogen) atoms. The van der Waals surface area contributed by atoms with E-state index in [-0.39, 0.29) is 17.7 Å². The molecule has 9 nitrogen and oxygen atoms in total. The van der Waals surface area contributed by atoms with E-state index in [0.717, 1.165) is 4.57 Å². The van der Waals surface area contributed by atoms with Crippen LogP contribution in [0.15, 0.2) is 14.4 Å². The molecule has 2 aromatic rings. The molecule has 0 saturated carbocycles. The quantitative estimate of drug-likeness (QED) is 0.677. The maximum absolute atomic E-state index is 11.7. The number of H-pyrrole nitrogens is 2. The minimum atomic E-state index is -3.28. The molecule has 0 radical (unpaired) electrons. The van der Waals surface area contributed by atoms with Crippen molar-refractivity contribution in [3.8, 4) is 0 Å². The molecule has 0 aliphatic rings. The van der Waals surface area contributed by atoms with Gasteiger partial charge in [-0.15, -0.1) is 0 Å². The second-order valence-corrected chi connectivity index (χ2v) is 4.06. The van der Waals surface area contributed by atoms with Gasteiger partial charge in [0.25, 0.3) is 5.56 Å². The van der Waals surface area contributed by atoms with Gasteiger partial charge >= 0.3 is 19.2 Å². The highest BCUT2D eigenvalue weighted by Gasteiger charge is 2.17. The van der Waals surface area contributed by atoms with Crippen LogP contribution in [-0.2, 0) is 15.7 Å².